The molecule has 1 aliphatic rings. The predicted octanol–water partition coefficient (Wildman–Crippen LogP) is -0.266. The number of nitrogens with zero attached hydrogens (tertiary/aromatic N) is 1. The molecule has 1 aromatic rings. The maximum Gasteiger partial charge on any atom is 0.326 e. The van der Waals surface area contributed by atoms with Crippen LogP contribution in [0.3, 0.4) is 0 Å². The van der Waals surface area contributed by atoms with Gasteiger partial charge in [-0.05, 0) is 43.4 Å². The van der Waals surface area contributed by atoms with E-state index >= 15 is 0 Å². The Labute approximate surface area is 204 Å². The standard InChI is InChI=1S/C24H36N4O7/c1-4-13(2)19(25)21(31)27-20(14(3)29)22(32)26-17(12-15-7-9-16(30)10-8-15)23(33)28-11-5-6-18(28)24(34)35/h7-10,13-14,17-20,29-30H,4-6,11-12,25H2,1-3H3,(H,26,32)(H,27,31)(H,34,35). The van der Waals surface area contributed by atoms with Crippen LogP contribution in [0.2, 0.25) is 0 Å². The lowest BCUT2D eigenvalue weighted by molar-refractivity contribution is -0.149. The Kier molecular flexibility index (Phi) is 10.0. The van der Waals surface area contributed by atoms with Gasteiger partial charge in [-0.2, -0.15) is 0 Å². The van der Waals surface area contributed by atoms with E-state index < -0.39 is 54.0 Å². The first-order valence-corrected chi connectivity index (χ1v) is 11.8. The number of aliphatic hydroxyl groups is 1. The van der Waals surface area contributed by atoms with Gasteiger partial charge in [0.15, 0.2) is 0 Å². The van der Waals surface area contributed by atoms with Crippen molar-refractivity contribution < 1.29 is 34.5 Å². The van der Waals surface area contributed by atoms with Gasteiger partial charge in [0.2, 0.25) is 17.7 Å². The Morgan fingerprint density at radius 2 is 1.74 bits per heavy atom. The molecular weight excluding hydrogens is 456 g/mol. The number of carboxylic acid groups (broad SMARTS) is 1. The molecule has 1 aliphatic heterocycles. The van der Waals surface area contributed by atoms with Crippen LogP contribution in [0.5, 0.6) is 5.75 Å². The van der Waals surface area contributed by atoms with Gasteiger partial charge in [-0.25, -0.2) is 4.79 Å². The van der Waals surface area contributed by atoms with Crippen LogP contribution in [0.25, 0.3) is 0 Å². The second-order valence-electron chi connectivity index (χ2n) is 9.10. The Balaban J connectivity index is 2.26. The molecule has 1 fully saturated rings. The van der Waals surface area contributed by atoms with Crippen molar-refractivity contribution >= 4 is 23.7 Å². The number of hydrogen-bond acceptors (Lipinski definition) is 7. The fraction of sp³-hybridized carbons (Fsp3) is 0.583. The van der Waals surface area contributed by atoms with Gasteiger partial charge < -0.3 is 36.6 Å². The van der Waals surface area contributed by atoms with Gasteiger partial charge >= 0.3 is 5.97 Å². The Morgan fingerprint density at radius 3 is 2.29 bits per heavy atom. The van der Waals surface area contributed by atoms with Crippen LogP contribution >= 0.6 is 0 Å². The van der Waals surface area contributed by atoms with Crippen molar-refractivity contribution in [2.24, 2.45) is 11.7 Å². The number of phenols is 1. The Morgan fingerprint density at radius 1 is 1.11 bits per heavy atom. The molecule has 6 atom stereocenters. The highest BCUT2D eigenvalue weighted by molar-refractivity contribution is 5.94. The van der Waals surface area contributed by atoms with Crippen LogP contribution < -0.4 is 16.4 Å². The summed E-state index contributed by atoms with van der Waals surface area (Å²) in [5, 5.41) is 34.3. The SMILES string of the molecule is CCC(C)C(N)C(=O)NC(C(=O)NC(Cc1ccc(O)cc1)C(=O)N1CCCC1C(=O)O)C(C)O. The van der Waals surface area contributed by atoms with Gasteiger partial charge in [-0.1, -0.05) is 32.4 Å². The highest BCUT2D eigenvalue weighted by Gasteiger charge is 2.39. The summed E-state index contributed by atoms with van der Waals surface area (Å²) < 4.78 is 0. The monoisotopic (exact) mass is 492 g/mol. The largest absolute Gasteiger partial charge is 0.508 e. The maximum atomic E-state index is 13.3. The fourth-order valence-electron chi connectivity index (χ4n) is 3.98. The number of carboxylic acids is 1. The minimum Gasteiger partial charge on any atom is -0.508 e. The van der Waals surface area contributed by atoms with E-state index in [1.165, 1.54) is 24.0 Å². The molecule has 35 heavy (non-hydrogen) atoms. The smallest absolute Gasteiger partial charge is 0.326 e. The predicted molar refractivity (Wildman–Crippen MR) is 127 cm³/mol. The summed E-state index contributed by atoms with van der Waals surface area (Å²) in [4.78, 5) is 51.8. The zero-order chi connectivity index (χ0) is 26.3. The van der Waals surface area contributed by atoms with Crippen LogP contribution in [-0.4, -0.2) is 80.7 Å². The van der Waals surface area contributed by atoms with Crippen molar-refractivity contribution in [1.82, 2.24) is 15.5 Å². The molecule has 0 bridgehead atoms. The summed E-state index contributed by atoms with van der Waals surface area (Å²) in [6, 6.07) is 1.62. The van der Waals surface area contributed by atoms with E-state index in [2.05, 4.69) is 10.6 Å². The molecule has 1 heterocycles. The average molecular weight is 493 g/mol. The maximum absolute atomic E-state index is 13.3. The number of aromatic hydroxyl groups is 1. The number of hydrogen-bond donors (Lipinski definition) is 6. The summed E-state index contributed by atoms with van der Waals surface area (Å²) >= 11 is 0. The van der Waals surface area contributed by atoms with Crippen molar-refractivity contribution in [2.75, 3.05) is 6.54 Å². The van der Waals surface area contributed by atoms with Crippen LogP contribution in [0.4, 0.5) is 0 Å². The molecule has 6 unspecified atom stereocenters. The summed E-state index contributed by atoms with van der Waals surface area (Å²) in [6.45, 7) is 5.23. The summed E-state index contributed by atoms with van der Waals surface area (Å²) in [5.74, 6) is -3.23. The number of carbonyl (C=O) groups is 4. The number of rotatable bonds is 11. The lowest BCUT2D eigenvalue weighted by Gasteiger charge is -2.30. The van der Waals surface area contributed by atoms with Gasteiger partial charge in [0.25, 0.3) is 0 Å². The Hall–Kier alpha value is -3.18. The molecule has 11 nitrogen and oxygen atoms in total. The molecule has 11 heteroatoms. The average Bonchev–Trinajstić information content (AvgIpc) is 3.31. The number of amides is 3. The number of likely N-dealkylation sites (tertiary alicyclic amines) is 1. The van der Waals surface area contributed by atoms with Crippen molar-refractivity contribution in [3.05, 3.63) is 29.8 Å². The summed E-state index contributed by atoms with van der Waals surface area (Å²) in [7, 11) is 0. The highest BCUT2D eigenvalue weighted by atomic mass is 16.4. The minimum absolute atomic E-state index is 0.0144. The minimum atomic E-state index is -1.37. The molecule has 0 aliphatic carbocycles. The molecule has 3 amide bonds. The van der Waals surface area contributed by atoms with E-state index in [1.807, 2.05) is 6.92 Å². The van der Waals surface area contributed by atoms with Crippen molar-refractivity contribution in [3.63, 3.8) is 0 Å². The number of phenolic OH excluding ortho intramolecular Hbond substituents is 1. The summed E-state index contributed by atoms with van der Waals surface area (Å²) in [5.41, 5.74) is 6.56. The molecule has 0 aromatic heterocycles. The second-order valence-corrected chi connectivity index (χ2v) is 9.10. The van der Waals surface area contributed by atoms with Gasteiger partial charge in [0.05, 0.1) is 12.1 Å². The lowest BCUT2D eigenvalue weighted by atomic mass is 9.98. The van der Waals surface area contributed by atoms with Crippen molar-refractivity contribution in [1.29, 1.82) is 0 Å². The van der Waals surface area contributed by atoms with Crippen molar-refractivity contribution in [2.45, 2.75) is 76.7 Å². The lowest BCUT2D eigenvalue weighted by Crippen LogP contribution is -2.60. The molecule has 0 saturated carbocycles. The number of aliphatic carboxylic acids is 1. The first-order chi connectivity index (χ1) is 16.5. The van der Waals surface area contributed by atoms with Gasteiger partial charge in [-0.3, -0.25) is 14.4 Å². The van der Waals surface area contributed by atoms with Gasteiger partial charge in [0.1, 0.15) is 23.9 Å². The van der Waals surface area contributed by atoms with E-state index in [4.69, 9.17) is 5.73 Å². The third-order valence-corrected chi connectivity index (χ3v) is 6.43. The van der Waals surface area contributed by atoms with Crippen LogP contribution in [0.15, 0.2) is 24.3 Å². The first-order valence-electron chi connectivity index (χ1n) is 11.8. The first kappa shape index (κ1) is 28.1. The topological polar surface area (TPSA) is 182 Å². The number of nitrogens with one attached hydrogen (secondary N) is 2. The number of benzene rings is 1. The normalized spacial score (nSPS) is 19.8. The molecule has 194 valence electrons. The number of aliphatic hydroxyl groups excluding tert-OH is 1. The zero-order valence-corrected chi connectivity index (χ0v) is 20.3. The highest BCUT2D eigenvalue weighted by Crippen LogP contribution is 2.20. The van der Waals surface area contributed by atoms with Crippen LogP contribution in [0, 0.1) is 5.92 Å². The third kappa shape index (κ3) is 7.40. The molecule has 1 aromatic carbocycles. The van der Waals surface area contributed by atoms with E-state index in [0.29, 0.717) is 24.8 Å². The molecule has 1 saturated heterocycles. The number of nitrogens with two attached hydrogens (primary N) is 1. The van der Waals surface area contributed by atoms with E-state index in [0.717, 1.165) is 0 Å². The molecule has 2 rings (SSSR count). The molecule has 0 spiro atoms. The third-order valence-electron chi connectivity index (χ3n) is 6.43. The second kappa shape index (κ2) is 12.5. The number of carbonyl (C=O) groups excluding carboxylic acids is 3. The summed E-state index contributed by atoms with van der Waals surface area (Å²) in [6.07, 6.45) is 0.194. The molecule has 7 N–H and O–H groups in total. The van der Waals surface area contributed by atoms with Crippen LogP contribution in [-0.2, 0) is 25.6 Å². The van der Waals surface area contributed by atoms with Crippen molar-refractivity contribution in [3.8, 4) is 5.75 Å². The van der Waals surface area contributed by atoms with Gasteiger partial charge in [-0.15, -0.1) is 0 Å². The van der Waals surface area contributed by atoms with Crippen LogP contribution in [0.1, 0.15) is 45.6 Å². The zero-order valence-electron chi connectivity index (χ0n) is 20.3. The van der Waals surface area contributed by atoms with Gasteiger partial charge in [0, 0.05) is 13.0 Å². The molecular formula is C24H36N4O7. The van der Waals surface area contributed by atoms with E-state index in [9.17, 15) is 34.5 Å². The Bertz CT molecular complexity index is 906. The fourth-order valence-corrected chi connectivity index (χ4v) is 3.98. The quantitative estimate of drug-likeness (QED) is 0.244. The van der Waals surface area contributed by atoms with E-state index in [-0.39, 0.29) is 24.6 Å². The molecule has 0 radical (unpaired) electrons. The van der Waals surface area contributed by atoms with E-state index in [1.54, 1.807) is 19.1 Å².